The molecule has 2 aromatic heterocycles. The molecule has 1 spiro atoms. The molecular formula is C44H54F2N8O4. The van der Waals surface area contributed by atoms with Crippen molar-refractivity contribution in [1.82, 2.24) is 29.7 Å². The number of carbonyl (C=O) groups excluding carboxylic acids is 3. The second-order valence-corrected chi connectivity index (χ2v) is 17.8. The number of hydrogen-bond donors (Lipinski definition) is 2. The van der Waals surface area contributed by atoms with Crippen molar-refractivity contribution < 1.29 is 27.9 Å². The Morgan fingerprint density at radius 3 is 2.45 bits per heavy atom. The maximum absolute atomic E-state index is 15.6. The lowest BCUT2D eigenvalue weighted by molar-refractivity contribution is -0.126. The zero-order chi connectivity index (χ0) is 41.3. The molecule has 2 aromatic carbocycles. The summed E-state index contributed by atoms with van der Waals surface area (Å²) in [6.07, 6.45) is 4.42. The van der Waals surface area contributed by atoms with Gasteiger partial charge in [0, 0.05) is 61.6 Å². The Kier molecular flexibility index (Phi) is 10.2. The third-order valence-electron chi connectivity index (χ3n) is 12.5. The summed E-state index contributed by atoms with van der Waals surface area (Å²) in [5.41, 5.74) is 3.93. The minimum Gasteiger partial charge on any atom is -0.444 e. The molecule has 4 aromatic rings. The summed E-state index contributed by atoms with van der Waals surface area (Å²) in [5.74, 6) is -0.442. The highest BCUT2D eigenvalue weighted by molar-refractivity contribution is 6.09. The molecule has 0 bridgehead atoms. The van der Waals surface area contributed by atoms with Crippen molar-refractivity contribution in [2.45, 2.75) is 115 Å². The number of likely N-dealkylation sites (tertiary alicyclic amines) is 2. The number of anilines is 3. The van der Waals surface area contributed by atoms with Gasteiger partial charge in [0.05, 0.1) is 28.6 Å². The molecule has 3 amide bonds. The monoisotopic (exact) mass is 796 g/mol. The molecule has 0 radical (unpaired) electrons. The lowest BCUT2D eigenvalue weighted by Crippen LogP contribution is -2.59. The van der Waals surface area contributed by atoms with Crippen molar-refractivity contribution in [2.24, 2.45) is 0 Å². The number of ether oxygens (including phenoxy) is 1. The molecule has 8 rings (SSSR count). The molecular weight excluding hydrogens is 743 g/mol. The van der Waals surface area contributed by atoms with Crippen LogP contribution in [-0.4, -0.2) is 99.3 Å². The number of rotatable bonds is 7. The number of nitrogens with zero attached hydrogens (tertiary/aromatic N) is 6. The normalized spacial score (nSPS) is 22.0. The summed E-state index contributed by atoms with van der Waals surface area (Å²) in [6.45, 7) is 13.4. The number of nitrogens with one attached hydrogen (secondary N) is 2. The van der Waals surface area contributed by atoms with Crippen LogP contribution in [0.25, 0.3) is 22.3 Å². The summed E-state index contributed by atoms with van der Waals surface area (Å²) in [7, 11) is 1.53. The largest absolute Gasteiger partial charge is 0.444 e. The van der Waals surface area contributed by atoms with Crippen LogP contribution < -0.4 is 15.5 Å². The van der Waals surface area contributed by atoms with Gasteiger partial charge in [-0.05, 0) is 122 Å². The number of amides is 3. The minimum atomic E-state index is -0.820. The summed E-state index contributed by atoms with van der Waals surface area (Å²) in [4.78, 5) is 56.4. The van der Waals surface area contributed by atoms with Crippen molar-refractivity contribution in [3.05, 3.63) is 65.2 Å². The number of carbonyl (C=O) groups is 3. The number of imidazole rings is 1. The molecule has 3 aliphatic heterocycles. The number of fused-ring (bicyclic) bond motifs is 3. The Hall–Kier alpha value is -5.11. The highest BCUT2D eigenvalue weighted by atomic mass is 19.1. The van der Waals surface area contributed by atoms with Gasteiger partial charge in [0.1, 0.15) is 23.1 Å². The fourth-order valence-corrected chi connectivity index (χ4v) is 9.31. The van der Waals surface area contributed by atoms with Gasteiger partial charge < -0.3 is 29.7 Å². The number of halogens is 2. The molecule has 0 unspecified atom stereocenters. The first-order valence-corrected chi connectivity index (χ1v) is 20.6. The summed E-state index contributed by atoms with van der Waals surface area (Å²) < 4.78 is 37.7. The van der Waals surface area contributed by atoms with E-state index in [1.54, 1.807) is 18.2 Å². The molecule has 2 N–H and O–H groups in total. The zero-order valence-electron chi connectivity index (χ0n) is 34.5. The Labute approximate surface area is 338 Å². The molecule has 1 saturated carbocycles. The third kappa shape index (κ3) is 7.07. The van der Waals surface area contributed by atoms with Crippen molar-refractivity contribution in [1.29, 1.82) is 0 Å². The van der Waals surface area contributed by atoms with Gasteiger partial charge in [0.25, 0.3) is 5.91 Å². The summed E-state index contributed by atoms with van der Waals surface area (Å²) in [6, 6.07) is 11.0. The van der Waals surface area contributed by atoms with Gasteiger partial charge in [0.15, 0.2) is 5.82 Å². The van der Waals surface area contributed by atoms with Crippen LogP contribution >= 0.6 is 0 Å². The second kappa shape index (κ2) is 14.9. The van der Waals surface area contributed by atoms with Gasteiger partial charge in [0.2, 0.25) is 5.91 Å². The van der Waals surface area contributed by atoms with Crippen LogP contribution in [0.3, 0.4) is 0 Å². The number of aryl methyl sites for hydroxylation is 1. The SMILES string of the molecule is CNC(=O)c1cc(Nc2nc(-c3ccc4c(c3)N(C3CC(N5CCC[C@H](F)C5)C3)C(=O)C43CCN(C(=O)OC(C)(C)C)CC3)cc3ncn(C(C)C)c23)c(F)cc1C. The van der Waals surface area contributed by atoms with Crippen LogP contribution in [-0.2, 0) is 14.9 Å². The summed E-state index contributed by atoms with van der Waals surface area (Å²) in [5, 5.41) is 5.83. The molecule has 308 valence electrons. The molecule has 1 aliphatic carbocycles. The third-order valence-corrected chi connectivity index (χ3v) is 12.5. The molecule has 2 saturated heterocycles. The first kappa shape index (κ1) is 39.7. The molecule has 5 heterocycles. The van der Waals surface area contributed by atoms with Crippen molar-refractivity contribution >= 4 is 46.1 Å². The molecule has 58 heavy (non-hydrogen) atoms. The average Bonchev–Trinajstić information content (AvgIpc) is 3.69. The van der Waals surface area contributed by atoms with Gasteiger partial charge in [-0.15, -0.1) is 0 Å². The van der Waals surface area contributed by atoms with E-state index in [0.717, 1.165) is 42.6 Å². The van der Waals surface area contributed by atoms with Gasteiger partial charge in [-0.3, -0.25) is 14.5 Å². The van der Waals surface area contributed by atoms with Gasteiger partial charge >= 0.3 is 6.09 Å². The van der Waals surface area contributed by atoms with Gasteiger partial charge in [-0.1, -0.05) is 12.1 Å². The van der Waals surface area contributed by atoms with E-state index >= 15 is 4.39 Å². The number of benzene rings is 2. The van der Waals surface area contributed by atoms with Crippen molar-refractivity contribution in [3.8, 4) is 11.3 Å². The maximum atomic E-state index is 15.6. The molecule has 1 atom stereocenters. The van der Waals surface area contributed by atoms with Crippen molar-refractivity contribution in [3.63, 3.8) is 0 Å². The molecule has 4 aliphatic rings. The zero-order valence-corrected chi connectivity index (χ0v) is 34.5. The van der Waals surface area contributed by atoms with Gasteiger partial charge in [-0.2, -0.15) is 0 Å². The fourth-order valence-electron chi connectivity index (χ4n) is 9.31. The van der Waals surface area contributed by atoms with E-state index in [-0.39, 0.29) is 41.7 Å². The second-order valence-electron chi connectivity index (χ2n) is 17.8. The van der Waals surface area contributed by atoms with Crippen LogP contribution in [0.2, 0.25) is 0 Å². The number of pyridine rings is 1. The van der Waals surface area contributed by atoms with Crippen LogP contribution in [0.1, 0.15) is 101 Å². The van der Waals surface area contributed by atoms with E-state index in [2.05, 4.69) is 15.5 Å². The van der Waals surface area contributed by atoms with Crippen LogP contribution in [0.15, 0.2) is 42.7 Å². The van der Waals surface area contributed by atoms with E-state index in [0.29, 0.717) is 72.6 Å². The van der Waals surface area contributed by atoms with Crippen LogP contribution in [0, 0.1) is 12.7 Å². The number of piperidine rings is 2. The lowest BCUT2D eigenvalue weighted by atomic mass is 9.73. The van der Waals surface area contributed by atoms with Gasteiger partial charge in [-0.25, -0.2) is 23.5 Å². The average molecular weight is 797 g/mol. The Balaban J connectivity index is 1.18. The lowest BCUT2D eigenvalue weighted by Gasteiger charge is -2.48. The topological polar surface area (TPSA) is 125 Å². The van der Waals surface area contributed by atoms with E-state index < -0.39 is 23.0 Å². The molecule has 14 heteroatoms. The number of aromatic nitrogens is 3. The highest BCUT2D eigenvalue weighted by Crippen LogP contribution is 2.52. The maximum Gasteiger partial charge on any atom is 0.410 e. The fraction of sp³-hybridized carbons (Fsp3) is 0.523. The summed E-state index contributed by atoms with van der Waals surface area (Å²) >= 11 is 0. The van der Waals surface area contributed by atoms with Crippen molar-refractivity contribution in [2.75, 3.05) is 43.4 Å². The van der Waals surface area contributed by atoms with E-state index in [1.807, 2.05) is 68.4 Å². The Morgan fingerprint density at radius 1 is 1.03 bits per heavy atom. The first-order valence-electron chi connectivity index (χ1n) is 20.6. The van der Waals surface area contributed by atoms with E-state index in [9.17, 15) is 18.8 Å². The Bertz CT molecular complexity index is 2270. The molecule has 3 fully saturated rings. The van der Waals surface area contributed by atoms with Crippen LogP contribution in [0.5, 0.6) is 0 Å². The van der Waals surface area contributed by atoms with E-state index in [4.69, 9.17) is 14.7 Å². The standard InChI is InChI=1S/C44H54F2N8O4/c1-25(2)53-24-48-36-22-34(49-39(38(36)53)50-35-21-31(40(55)47-7)26(3)17-33(35)46)27-10-11-32-37(18-27)54(30-19-29(20-30)52-14-8-9-28(45)23-52)41(56)44(32)12-15-51(16-13-44)42(57)58-43(4,5)6/h10-11,17-18,21-22,24-25,28-30H,8-9,12-16,19-20,23H2,1-7H3,(H,47,55)(H,49,50)/t28-,29?,30?/m0/s1. The quantitative estimate of drug-likeness (QED) is 0.194. The Morgan fingerprint density at radius 2 is 1.78 bits per heavy atom. The smallest absolute Gasteiger partial charge is 0.410 e. The van der Waals surface area contributed by atoms with Crippen LogP contribution in [0.4, 0.5) is 30.8 Å². The highest BCUT2D eigenvalue weighted by Gasteiger charge is 2.56. The number of hydrogen-bond acceptors (Lipinski definition) is 8. The number of alkyl halides is 1. The van der Waals surface area contributed by atoms with E-state index in [1.165, 1.54) is 19.2 Å². The predicted octanol–water partition coefficient (Wildman–Crippen LogP) is 7.81. The molecule has 12 nitrogen and oxygen atoms in total. The first-order chi connectivity index (χ1) is 27.6. The predicted molar refractivity (Wildman–Crippen MR) is 220 cm³/mol. The minimum absolute atomic E-state index is 0.0204.